The van der Waals surface area contributed by atoms with Crippen LogP contribution in [0.5, 0.6) is 5.75 Å². The topological polar surface area (TPSA) is 35.5 Å². The maximum absolute atomic E-state index is 11.5. The van der Waals surface area contributed by atoms with Crippen molar-refractivity contribution < 1.29 is 14.3 Å². The van der Waals surface area contributed by atoms with E-state index in [9.17, 15) is 4.79 Å². The number of rotatable bonds is 6. The van der Waals surface area contributed by atoms with Crippen LogP contribution in [-0.2, 0) is 16.0 Å². The Morgan fingerprint density at radius 2 is 1.47 bits per heavy atom. The summed E-state index contributed by atoms with van der Waals surface area (Å²) in [6.07, 6.45) is 0.298. The number of benzene rings is 2. The van der Waals surface area contributed by atoms with E-state index in [1.54, 1.807) is 0 Å². The molecule has 0 atom stereocenters. The summed E-state index contributed by atoms with van der Waals surface area (Å²) >= 11 is 0. The molecule has 0 aliphatic carbocycles. The molecule has 2 aromatic carbocycles. The lowest BCUT2D eigenvalue weighted by atomic mass is 10.2. The summed E-state index contributed by atoms with van der Waals surface area (Å²) in [7, 11) is 0. The first-order chi connectivity index (χ1) is 9.34. The van der Waals surface area contributed by atoms with Gasteiger partial charge in [-0.15, -0.1) is 0 Å². The first kappa shape index (κ1) is 13.1. The highest BCUT2D eigenvalue weighted by molar-refractivity contribution is 5.72. The van der Waals surface area contributed by atoms with E-state index in [0.29, 0.717) is 13.0 Å². The molecule has 0 heterocycles. The Morgan fingerprint density at radius 3 is 2.16 bits per heavy atom. The molecule has 3 nitrogen and oxygen atoms in total. The van der Waals surface area contributed by atoms with Gasteiger partial charge in [-0.2, -0.15) is 0 Å². The van der Waals surface area contributed by atoms with Gasteiger partial charge in [0.05, 0.1) is 6.42 Å². The first-order valence-electron chi connectivity index (χ1n) is 6.22. The van der Waals surface area contributed by atoms with Gasteiger partial charge in [-0.3, -0.25) is 4.79 Å². The second kappa shape index (κ2) is 7.21. The molecule has 0 saturated heterocycles. The minimum absolute atomic E-state index is 0.233. The summed E-state index contributed by atoms with van der Waals surface area (Å²) in [5.74, 6) is 0.546. The predicted octanol–water partition coefficient (Wildman–Crippen LogP) is 2.85. The Labute approximate surface area is 112 Å². The lowest BCUT2D eigenvalue weighted by molar-refractivity contribution is -0.143. The number of carbonyl (C=O) groups is 1. The van der Waals surface area contributed by atoms with Gasteiger partial charge in [-0.1, -0.05) is 48.5 Å². The number of hydrogen-bond acceptors (Lipinski definition) is 3. The fourth-order valence-corrected chi connectivity index (χ4v) is 1.65. The quantitative estimate of drug-likeness (QED) is 0.589. The van der Waals surface area contributed by atoms with Crippen molar-refractivity contribution >= 4 is 5.97 Å². The van der Waals surface area contributed by atoms with Crippen LogP contribution >= 0.6 is 0 Å². The van der Waals surface area contributed by atoms with Crippen molar-refractivity contribution in [1.29, 1.82) is 0 Å². The normalized spacial score (nSPS) is 9.89. The lowest BCUT2D eigenvalue weighted by Gasteiger charge is -2.07. The van der Waals surface area contributed by atoms with Crippen LogP contribution in [0.25, 0.3) is 0 Å². The van der Waals surface area contributed by atoms with E-state index in [1.165, 1.54) is 0 Å². The van der Waals surface area contributed by atoms with Crippen LogP contribution in [0.4, 0.5) is 0 Å². The van der Waals surface area contributed by atoms with Gasteiger partial charge in [0, 0.05) is 0 Å². The fourth-order valence-electron chi connectivity index (χ4n) is 1.65. The van der Waals surface area contributed by atoms with Crippen molar-refractivity contribution in [3.05, 3.63) is 66.2 Å². The van der Waals surface area contributed by atoms with Crippen molar-refractivity contribution in [3.8, 4) is 5.75 Å². The zero-order chi connectivity index (χ0) is 13.3. The van der Waals surface area contributed by atoms with E-state index in [0.717, 1.165) is 11.3 Å². The van der Waals surface area contributed by atoms with E-state index < -0.39 is 0 Å². The Kier molecular flexibility index (Phi) is 4.99. The van der Waals surface area contributed by atoms with Crippen LogP contribution in [0, 0.1) is 0 Å². The maximum atomic E-state index is 11.5. The van der Waals surface area contributed by atoms with Gasteiger partial charge >= 0.3 is 5.97 Å². The van der Waals surface area contributed by atoms with Gasteiger partial charge in [0.15, 0.2) is 0 Å². The molecule has 0 aliphatic heterocycles. The van der Waals surface area contributed by atoms with Crippen LogP contribution in [0.15, 0.2) is 60.7 Å². The summed E-state index contributed by atoms with van der Waals surface area (Å²) in [5, 5.41) is 0. The summed E-state index contributed by atoms with van der Waals surface area (Å²) in [6.45, 7) is 0.630. The Morgan fingerprint density at radius 1 is 0.842 bits per heavy atom. The van der Waals surface area contributed by atoms with E-state index in [4.69, 9.17) is 9.47 Å². The Hall–Kier alpha value is -2.29. The second-order valence-electron chi connectivity index (χ2n) is 4.04. The molecule has 98 valence electrons. The van der Waals surface area contributed by atoms with Crippen molar-refractivity contribution in [1.82, 2.24) is 0 Å². The largest absolute Gasteiger partial charge is 0.490 e. The molecular formula is C16H16O3. The van der Waals surface area contributed by atoms with Gasteiger partial charge in [0.2, 0.25) is 0 Å². The van der Waals surface area contributed by atoms with Crippen molar-refractivity contribution in [2.75, 3.05) is 13.2 Å². The third-order valence-corrected chi connectivity index (χ3v) is 2.55. The molecule has 3 heteroatoms. The molecule has 0 saturated carbocycles. The van der Waals surface area contributed by atoms with Gasteiger partial charge in [-0.05, 0) is 17.7 Å². The molecule has 0 radical (unpaired) electrons. The summed E-state index contributed by atoms with van der Waals surface area (Å²) in [5.41, 5.74) is 0.955. The van der Waals surface area contributed by atoms with Crippen LogP contribution in [0.1, 0.15) is 5.56 Å². The summed E-state index contributed by atoms with van der Waals surface area (Å²) in [6, 6.07) is 19.0. The van der Waals surface area contributed by atoms with Crippen molar-refractivity contribution in [3.63, 3.8) is 0 Å². The molecule has 0 aromatic heterocycles. The van der Waals surface area contributed by atoms with Gasteiger partial charge < -0.3 is 9.47 Å². The highest BCUT2D eigenvalue weighted by Gasteiger charge is 2.04. The number of ether oxygens (including phenoxy) is 2. The second-order valence-corrected chi connectivity index (χ2v) is 4.04. The zero-order valence-corrected chi connectivity index (χ0v) is 10.6. The minimum Gasteiger partial charge on any atom is -0.490 e. The maximum Gasteiger partial charge on any atom is 0.310 e. The zero-order valence-electron chi connectivity index (χ0n) is 10.6. The van der Waals surface area contributed by atoms with Gasteiger partial charge in [0.1, 0.15) is 19.0 Å². The third kappa shape index (κ3) is 4.84. The van der Waals surface area contributed by atoms with Crippen molar-refractivity contribution in [2.45, 2.75) is 6.42 Å². The van der Waals surface area contributed by atoms with E-state index in [-0.39, 0.29) is 12.6 Å². The van der Waals surface area contributed by atoms with Crippen LogP contribution in [0.2, 0.25) is 0 Å². The molecular weight excluding hydrogens is 240 g/mol. The van der Waals surface area contributed by atoms with E-state index in [2.05, 4.69) is 0 Å². The van der Waals surface area contributed by atoms with Gasteiger partial charge in [0.25, 0.3) is 0 Å². The highest BCUT2D eigenvalue weighted by Crippen LogP contribution is 2.07. The molecule has 0 amide bonds. The first-order valence-corrected chi connectivity index (χ1v) is 6.22. The Bertz CT molecular complexity index is 494. The smallest absolute Gasteiger partial charge is 0.310 e. The molecule has 0 bridgehead atoms. The molecule has 2 aromatic rings. The van der Waals surface area contributed by atoms with E-state index in [1.807, 2.05) is 60.7 Å². The van der Waals surface area contributed by atoms with E-state index >= 15 is 0 Å². The molecule has 2 rings (SSSR count). The molecule has 0 aliphatic rings. The number of para-hydroxylation sites is 1. The lowest BCUT2D eigenvalue weighted by Crippen LogP contribution is -2.13. The summed E-state index contributed by atoms with van der Waals surface area (Å²) < 4.78 is 10.5. The number of esters is 1. The highest BCUT2D eigenvalue weighted by atomic mass is 16.6. The number of hydrogen-bond donors (Lipinski definition) is 0. The molecule has 0 N–H and O–H groups in total. The van der Waals surface area contributed by atoms with Gasteiger partial charge in [-0.25, -0.2) is 0 Å². The predicted molar refractivity (Wildman–Crippen MR) is 73.0 cm³/mol. The third-order valence-electron chi connectivity index (χ3n) is 2.55. The average molecular weight is 256 g/mol. The SMILES string of the molecule is O=C(Cc1ccccc1)OCCOc1ccccc1. The van der Waals surface area contributed by atoms with Crippen molar-refractivity contribution in [2.24, 2.45) is 0 Å². The summed E-state index contributed by atoms with van der Waals surface area (Å²) in [4.78, 5) is 11.5. The van der Waals surface area contributed by atoms with Crippen LogP contribution < -0.4 is 4.74 Å². The minimum atomic E-state index is -0.233. The monoisotopic (exact) mass is 256 g/mol. The molecule has 0 unspecified atom stereocenters. The fraction of sp³-hybridized carbons (Fsp3) is 0.188. The van der Waals surface area contributed by atoms with Crippen LogP contribution in [-0.4, -0.2) is 19.2 Å². The standard InChI is InChI=1S/C16H16O3/c17-16(13-14-7-3-1-4-8-14)19-12-11-18-15-9-5-2-6-10-15/h1-10H,11-13H2. The number of carbonyl (C=O) groups excluding carboxylic acids is 1. The average Bonchev–Trinajstić information content (AvgIpc) is 2.46. The molecule has 0 spiro atoms. The molecule has 0 fully saturated rings. The molecule has 19 heavy (non-hydrogen) atoms. The Balaban J connectivity index is 1.65. The van der Waals surface area contributed by atoms with Crippen LogP contribution in [0.3, 0.4) is 0 Å².